The molecule has 1 unspecified atom stereocenters. The summed E-state index contributed by atoms with van der Waals surface area (Å²) in [6, 6.07) is 9.72. The molecule has 0 spiro atoms. The van der Waals surface area contributed by atoms with E-state index in [-0.39, 0.29) is 11.6 Å². The summed E-state index contributed by atoms with van der Waals surface area (Å²) in [6.45, 7) is 2.15. The van der Waals surface area contributed by atoms with Crippen molar-refractivity contribution in [3.05, 3.63) is 59.8 Å². The second kappa shape index (κ2) is 10.3. The van der Waals surface area contributed by atoms with E-state index in [4.69, 9.17) is 0 Å². The van der Waals surface area contributed by atoms with E-state index >= 15 is 0 Å². The summed E-state index contributed by atoms with van der Waals surface area (Å²) in [4.78, 5) is 12.8. The maximum atomic E-state index is 14.3. The minimum Gasteiger partial charge on any atom is -0.356 e. The first-order chi connectivity index (χ1) is 14.5. The molecule has 2 N–H and O–H groups in total. The van der Waals surface area contributed by atoms with Gasteiger partial charge in [0.15, 0.2) is 5.96 Å². The summed E-state index contributed by atoms with van der Waals surface area (Å²) in [5.41, 5.74) is 0.0640. The van der Waals surface area contributed by atoms with Gasteiger partial charge in [-0.05, 0) is 51.2 Å². The summed E-state index contributed by atoms with van der Waals surface area (Å²) in [6.07, 6.45) is 3.72. The van der Waals surface area contributed by atoms with Gasteiger partial charge in [0, 0.05) is 44.5 Å². The lowest BCUT2D eigenvalue weighted by Crippen LogP contribution is -2.50. The van der Waals surface area contributed by atoms with Gasteiger partial charge >= 0.3 is 0 Å². The molecule has 6 nitrogen and oxygen atoms in total. The van der Waals surface area contributed by atoms with E-state index < -0.39 is 17.7 Å². The average molecular weight is 417 g/mol. The maximum Gasteiger partial charge on any atom is 0.191 e. The highest BCUT2D eigenvalue weighted by Gasteiger charge is 2.24. The number of hydrogen-bond donors (Lipinski definition) is 2. The van der Waals surface area contributed by atoms with Crippen LogP contribution in [0.3, 0.4) is 0 Å². The van der Waals surface area contributed by atoms with Crippen LogP contribution in [-0.2, 0) is 0 Å². The number of likely N-dealkylation sites (N-methyl/N-ethyl adjacent to an activating group) is 1. The third kappa shape index (κ3) is 5.44. The SMILES string of the molecule is CN=C(NCC(c1c(F)cccc1F)N(C)C)NC1CCN(c2ccccn2)CC1. The zero-order valence-corrected chi connectivity index (χ0v) is 17.8. The van der Waals surface area contributed by atoms with Crippen LogP contribution in [0.1, 0.15) is 24.4 Å². The smallest absolute Gasteiger partial charge is 0.191 e. The first-order valence-corrected chi connectivity index (χ1v) is 10.2. The summed E-state index contributed by atoms with van der Waals surface area (Å²) < 4.78 is 28.5. The van der Waals surface area contributed by atoms with E-state index in [1.165, 1.54) is 18.2 Å². The highest BCUT2D eigenvalue weighted by molar-refractivity contribution is 5.80. The van der Waals surface area contributed by atoms with Crippen LogP contribution in [0.2, 0.25) is 0 Å². The van der Waals surface area contributed by atoms with Crippen LogP contribution in [0.4, 0.5) is 14.6 Å². The van der Waals surface area contributed by atoms with E-state index in [1.54, 1.807) is 11.9 Å². The Bertz CT molecular complexity index is 815. The normalized spacial score (nSPS) is 16.6. The van der Waals surface area contributed by atoms with Gasteiger partial charge in [-0.3, -0.25) is 4.99 Å². The number of hydrogen-bond acceptors (Lipinski definition) is 4. The Labute approximate surface area is 177 Å². The Balaban J connectivity index is 1.55. The largest absolute Gasteiger partial charge is 0.356 e. The second-order valence-corrected chi connectivity index (χ2v) is 7.66. The summed E-state index contributed by atoms with van der Waals surface area (Å²) in [5.74, 6) is 0.551. The van der Waals surface area contributed by atoms with Crippen LogP contribution < -0.4 is 15.5 Å². The Morgan fingerprint density at radius 3 is 2.43 bits per heavy atom. The lowest BCUT2D eigenvalue weighted by atomic mass is 10.0. The fraction of sp³-hybridized carbons (Fsp3) is 0.455. The van der Waals surface area contributed by atoms with Crippen molar-refractivity contribution in [1.29, 1.82) is 0 Å². The average Bonchev–Trinajstić information content (AvgIpc) is 2.75. The van der Waals surface area contributed by atoms with Crippen molar-refractivity contribution >= 4 is 11.8 Å². The predicted octanol–water partition coefficient (Wildman–Crippen LogP) is 2.80. The van der Waals surface area contributed by atoms with Crippen LogP contribution in [0.15, 0.2) is 47.6 Å². The Kier molecular flexibility index (Phi) is 7.57. The fourth-order valence-corrected chi connectivity index (χ4v) is 3.75. The first-order valence-electron chi connectivity index (χ1n) is 10.2. The molecule has 1 saturated heterocycles. The molecule has 0 bridgehead atoms. The summed E-state index contributed by atoms with van der Waals surface area (Å²) in [7, 11) is 5.32. The minimum absolute atomic E-state index is 0.0640. The Hall–Kier alpha value is -2.74. The first kappa shape index (κ1) is 22.0. The zero-order chi connectivity index (χ0) is 21.5. The lowest BCUT2D eigenvalue weighted by Gasteiger charge is -2.34. The lowest BCUT2D eigenvalue weighted by molar-refractivity contribution is 0.282. The van der Waals surface area contributed by atoms with Gasteiger partial charge < -0.3 is 20.4 Å². The molecule has 1 aliphatic rings. The minimum atomic E-state index is -0.541. The van der Waals surface area contributed by atoms with E-state index in [0.29, 0.717) is 12.5 Å². The number of nitrogens with zero attached hydrogens (tertiary/aromatic N) is 4. The van der Waals surface area contributed by atoms with E-state index in [9.17, 15) is 8.78 Å². The van der Waals surface area contributed by atoms with Crippen LogP contribution in [-0.4, -0.2) is 62.7 Å². The number of aromatic nitrogens is 1. The van der Waals surface area contributed by atoms with Gasteiger partial charge in [0.05, 0.1) is 6.04 Å². The Morgan fingerprint density at radius 2 is 1.87 bits per heavy atom. The molecule has 1 aromatic carbocycles. The van der Waals surface area contributed by atoms with Crippen molar-refractivity contribution in [3.8, 4) is 0 Å². The van der Waals surface area contributed by atoms with Gasteiger partial charge in [-0.15, -0.1) is 0 Å². The van der Waals surface area contributed by atoms with Gasteiger partial charge in [-0.25, -0.2) is 13.8 Å². The summed E-state index contributed by atoms with van der Waals surface area (Å²) in [5, 5.41) is 6.67. The predicted molar refractivity (Wildman–Crippen MR) is 117 cm³/mol. The molecule has 1 fully saturated rings. The molecule has 0 saturated carbocycles. The molecule has 0 radical (unpaired) electrons. The maximum absolute atomic E-state index is 14.3. The number of guanidine groups is 1. The van der Waals surface area contributed by atoms with Crippen molar-refractivity contribution in [2.75, 3.05) is 45.7 Å². The molecule has 1 aromatic heterocycles. The van der Waals surface area contributed by atoms with Crippen molar-refractivity contribution in [1.82, 2.24) is 20.5 Å². The highest BCUT2D eigenvalue weighted by Crippen LogP contribution is 2.24. The van der Waals surface area contributed by atoms with Crippen LogP contribution in [0.5, 0.6) is 0 Å². The van der Waals surface area contributed by atoms with E-state index in [2.05, 4.69) is 25.5 Å². The molecule has 1 aliphatic heterocycles. The van der Waals surface area contributed by atoms with Crippen LogP contribution in [0, 0.1) is 11.6 Å². The van der Waals surface area contributed by atoms with Crippen molar-refractivity contribution in [2.24, 2.45) is 4.99 Å². The monoisotopic (exact) mass is 416 g/mol. The van der Waals surface area contributed by atoms with Gasteiger partial charge in [-0.2, -0.15) is 0 Å². The molecule has 3 rings (SSSR count). The number of piperidine rings is 1. The fourth-order valence-electron chi connectivity index (χ4n) is 3.75. The Morgan fingerprint density at radius 1 is 1.17 bits per heavy atom. The molecule has 2 heterocycles. The molecule has 0 aliphatic carbocycles. The number of anilines is 1. The third-order valence-corrected chi connectivity index (χ3v) is 5.45. The molecule has 30 heavy (non-hydrogen) atoms. The molecule has 162 valence electrons. The van der Waals surface area contributed by atoms with Crippen molar-refractivity contribution in [2.45, 2.75) is 24.9 Å². The van der Waals surface area contributed by atoms with Crippen molar-refractivity contribution < 1.29 is 8.78 Å². The topological polar surface area (TPSA) is 55.8 Å². The van der Waals surface area contributed by atoms with Gasteiger partial charge in [0.25, 0.3) is 0 Å². The molecular weight excluding hydrogens is 386 g/mol. The molecule has 1 atom stereocenters. The molecule has 2 aromatic rings. The highest BCUT2D eigenvalue weighted by atomic mass is 19.1. The number of halogens is 2. The van der Waals surface area contributed by atoms with Gasteiger partial charge in [0.1, 0.15) is 17.5 Å². The van der Waals surface area contributed by atoms with E-state index in [0.717, 1.165) is 31.7 Å². The van der Waals surface area contributed by atoms with E-state index in [1.807, 2.05) is 38.5 Å². The number of rotatable bonds is 6. The standard InChI is InChI=1S/C22H30F2N6/c1-25-22(27-15-19(29(2)3)21-17(23)7-6-8-18(21)24)28-16-10-13-30(14-11-16)20-9-4-5-12-26-20/h4-9,12,16,19H,10-11,13-15H2,1-3H3,(H2,25,27,28). The quantitative estimate of drug-likeness (QED) is 0.560. The third-order valence-electron chi connectivity index (χ3n) is 5.45. The van der Waals surface area contributed by atoms with Crippen LogP contribution in [0.25, 0.3) is 0 Å². The van der Waals surface area contributed by atoms with Crippen molar-refractivity contribution in [3.63, 3.8) is 0 Å². The molecule has 0 amide bonds. The van der Waals surface area contributed by atoms with Crippen LogP contribution >= 0.6 is 0 Å². The van der Waals surface area contributed by atoms with Gasteiger partial charge in [-0.1, -0.05) is 12.1 Å². The number of nitrogens with one attached hydrogen (secondary N) is 2. The number of pyridine rings is 1. The molecular formula is C22H30F2N6. The summed E-state index contributed by atoms with van der Waals surface area (Å²) >= 11 is 0. The number of benzene rings is 1. The van der Waals surface area contributed by atoms with Gasteiger partial charge in [0.2, 0.25) is 0 Å². The molecule has 8 heteroatoms. The number of aliphatic imine (C=N–C) groups is 1. The second-order valence-electron chi connectivity index (χ2n) is 7.66. The zero-order valence-electron chi connectivity index (χ0n) is 17.8.